The molecule has 0 radical (unpaired) electrons. The molecule has 1 N–H and O–H groups in total. The van der Waals surface area contributed by atoms with E-state index < -0.39 is 5.82 Å². The number of hydrogen-bond donors (Lipinski definition) is 1. The molecule has 5 rings (SSSR count). The molecule has 4 heterocycles. The summed E-state index contributed by atoms with van der Waals surface area (Å²) >= 11 is 0. The molecule has 2 aliphatic heterocycles. The number of rotatable bonds is 7. The fraction of sp³-hybridized carbons (Fsp3) is 0.600. The molecule has 1 unspecified atom stereocenters. The maximum Gasteiger partial charge on any atom is 0.172 e. The van der Waals surface area contributed by atoms with Gasteiger partial charge in [-0.15, -0.1) is 0 Å². The van der Waals surface area contributed by atoms with Crippen molar-refractivity contribution in [1.82, 2.24) is 14.9 Å². The van der Waals surface area contributed by atoms with Gasteiger partial charge < -0.3 is 19.9 Å². The number of methoxy groups -OCH3 is 1. The predicted molar refractivity (Wildman–Crippen MR) is 125 cm³/mol. The number of hydrogen-bond acceptors (Lipinski definition) is 6. The average molecular weight is 440 g/mol. The summed E-state index contributed by atoms with van der Waals surface area (Å²) in [7, 11) is 1.44. The lowest BCUT2D eigenvalue weighted by Crippen LogP contribution is -2.34. The van der Waals surface area contributed by atoms with Crippen LogP contribution >= 0.6 is 0 Å². The van der Waals surface area contributed by atoms with Gasteiger partial charge in [-0.05, 0) is 80.6 Å². The Morgan fingerprint density at radius 3 is 2.53 bits per heavy atom. The minimum Gasteiger partial charge on any atom is -0.492 e. The summed E-state index contributed by atoms with van der Waals surface area (Å²) in [4.78, 5) is 14.2. The van der Waals surface area contributed by atoms with Crippen LogP contribution in [0, 0.1) is 17.7 Å². The van der Waals surface area contributed by atoms with Crippen LogP contribution in [0.4, 0.5) is 21.8 Å². The Bertz CT molecular complexity index is 942. The van der Waals surface area contributed by atoms with Crippen molar-refractivity contribution in [3.05, 3.63) is 35.8 Å². The van der Waals surface area contributed by atoms with Crippen LogP contribution in [-0.2, 0) is 0 Å². The zero-order valence-corrected chi connectivity index (χ0v) is 19.2. The quantitative estimate of drug-likeness (QED) is 0.669. The van der Waals surface area contributed by atoms with Gasteiger partial charge in [0.15, 0.2) is 11.6 Å². The first-order valence-electron chi connectivity index (χ1n) is 12.0. The lowest BCUT2D eigenvalue weighted by Gasteiger charge is -2.32. The Balaban J connectivity index is 1.36. The molecule has 1 atom stereocenters. The molecule has 7 heteroatoms. The fourth-order valence-corrected chi connectivity index (χ4v) is 5.02. The van der Waals surface area contributed by atoms with Crippen molar-refractivity contribution >= 4 is 17.5 Å². The van der Waals surface area contributed by atoms with Gasteiger partial charge in [0, 0.05) is 25.7 Å². The molecule has 32 heavy (non-hydrogen) atoms. The fourth-order valence-electron chi connectivity index (χ4n) is 5.02. The van der Waals surface area contributed by atoms with Gasteiger partial charge in [-0.1, -0.05) is 6.92 Å². The molecule has 1 saturated carbocycles. The lowest BCUT2D eigenvalue weighted by molar-refractivity contribution is 0.204. The Morgan fingerprint density at radius 2 is 1.88 bits per heavy atom. The summed E-state index contributed by atoms with van der Waals surface area (Å²) in [5, 5.41) is 3.24. The highest BCUT2D eigenvalue weighted by Crippen LogP contribution is 2.36. The number of likely N-dealkylation sites (tertiary alicyclic amines) is 1. The molecule has 1 aliphatic carbocycles. The highest BCUT2D eigenvalue weighted by Gasteiger charge is 2.28. The number of ether oxygens (including phenoxy) is 1. The maximum atomic E-state index is 14.2. The van der Waals surface area contributed by atoms with E-state index in [2.05, 4.69) is 39.2 Å². The lowest BCUT2D eigenvalue weighted by atomic mass is 9.89. The van der Waals surface area contributed by atoms with Crippen LogP contribution < -0.4 is 15.0 Å². The van der Waals surface area contributed by atoms with E-state index in [4.69, 9.17) is 9.72 Å². The molecule has 2 aromatic heterocycles. The molecule has 0 spiro atoms. The molecule has 0 aromatic carbocycles. The molecule has 0 amide bonds. The van der Waals surface area contributed by atoms with E-state index in [0.717, 1.165) is 30.6 Å². The second kappa shape index (κ2) is 9.22. The average Bonchev–Trinajstić information content (AvgIpc) is 3.50. The molecule has 6 nitrogen and oxygen atoms in total. The normalized spacial score (nSPS) is 22.3. The van der Waals surface area contributed by atoms with Gasteiger partial charge in [0.1, 0.15) is 17.5 Å². The summed E-state index contributed by atoms with van der Waals surface area (Å²) in [6.07, 6.45) is 7.79. The SMILES string of the molecule is COc1cnc(Nc2cc(C3CCN(CC4CC4)CC3)cc(N3CCC(C)C3)n2)cc1F. The Labute approximate surface area is 190 Å². The number of nitrogens with one attached hydrogen (secondary N) is 1. The highest BCUT2D eigenvalue weighted by molar-refractivity contribution is 5.58. The summed E-state index contributed by atoms with van der Waals surface area (Å²) in [6, 6.07) is 5.78. The molecule has 3 fully saturated rings. The topological polar surface area (TPSA) is 53.5 Å². The van der Waals surface area contributed by atoms with Gasteiger partial charge in [-0.25, -0.2) is 14.4 Å². The zero-order chi connectivity index (χ0) is 22.1. The van der Waals surface area contributed by atoms with Crippen molar-refractivity contribution in [3.63, 3.8) is 0 Å². The first-order valence-corrected chi connectivity index (χ1v) is 12.0. The van der Waals surface area contributed by atoms with Gasteiger partial charge in [-0.3, -0.25) is 0 Å². The second-order valence-electron chi connectivity index (χ2n) is 9.83. The van der Waals surface area contributed by atoms with Crippen molar-refractivity contribution < 1.29 is 9.13 Å². The minimum atomic E-state index is -0.433. The predicted octanol–water partition coefficient (Wildman–Crippen LogP) is 4.80. The van der Waals surface area contributed by atoms with Crippen molar-refractivity contribution in [3.8, 4) is 5.75 Å². The molecular weight excluding hydrogens is 405 g/mol. The highest BCUT2D eigenvalue weighted by atomic mass is 19.1. The summed E-state index contributed by atoms with van der Waals surface area (Å²) in [5.74, 6) is 4.06. The zero-order valence-electron chi connectivity index (χ0n) is 19.2. The van der Waals surface area contributed by atoms with Gasteiger partial charge in [0.25, 0.3) is 0 Å². The van der Waals surface area contributed by atoms with Crippen molar-refractivity contribution in [2.24, 2.45) is 11.8 Å². The van der Waals surface area contributed by atoms with E-state index in [9.17, 15) is 4.39 Å². The van der Waals surface area contributed by atoms with Crippen LogP contribution in [0.1, 0.15) is 50.5 Å². The smallest absolute Gasteiger partial charge is 0.172 e. The maximum absolute atomic E-state index is 14.2. The van der Waals surface area contributed by atoms with Crippen LogP contribution in [0.5, 0.6) is 5.75 Å². The Kier molecular flexibility index (Phi) is 6.17. The summed E-state index contributed by atoms with van der Waals surface area (Å²) in [5.41, 5.74) is 1.33. The third-order valence-corrected chi connectivity index (χ3v) is 7.15. The van der Waals surface area contributed by atoms with E-state index in [1.807, 2.05) is 0 Å². The number of halogens is 1. The molecule has 2 aromatic rings. The summed E-state index contributed by atoms with van der Waals surface area (Å²) in [6.45, 7) is 7.99. The van der Waals surface area contributed by atoms with Crippen molar-refractivity contribution in [2.75, 3.05) is 50.1 Å². The third kappa shape index (κ3) is 4.98. The molecule has 3 aliphatic rings. The van der Waals surface area contributed by atoms with Gasteiger partial charge in [0.05, 0.1) is 13.3 Å². The second-order valence-corrected chi connectivity index (χ2v) is 9.83. The van der Waals surface area contributed by atoms with E-state index in [-0.39, 0.29) is 5.75 Å². The number of piperidine rings is 1. The molecule has 0 bridgehead atoms. The number of pyridine rings is 2. The van der Waals surface area contributed by atoms with Crippen LogP contribution in [0.2, 0.25) is 0 Å². The third-order valence-electron chi connectivity index (χ3n) is 7.15. The standard InChI is InChI=1S/C25H34FN5O/c1-17-5-10-31(15-17)25-12-20(19-6-8-30(9-7-19)16-18-3-4-18)11-24(29-25)28-23-13-21(26)22(32-2)14-27-23/h11-14,17-19H,3-10,15-16H2,1-2H3,(H,27,28,29). The number of anilines is 3. The Hall–Kier alpha value is -2.41. The van der Waals surface area contributed by atoms with E-state index in [1.54, 1.807) is 0 Å². The van der Waals surface area contributed by atoms with Crippen LogP contribution in [0.25, 0.3) is 0 Å². The first kappa shape index (κ1) is 21.4. The minimum absolute atomic E-state index is 0.141. The monoisotopic (exact) mass is 439 g/mol. The van der Waals surface area contributed by atoms with E-state index in [1.165, 1.54) is 76.7 Å². The van der Waals surface area contributed by atoms with E-state index >= 15 is 0 Å². The van der Waals surface area contributed by atoms with Gasteiger partial charge in [-0.2, -0.15) is 0 Å². The number of aromatic nitrogens is 2. The first-order chi connectivity index (χ1) is 15.6. The largest absolute Gasteiger partial charge is 0.492 e. The van der Waals surface area contributed by atoms with Crippen LogP contribution in [0.3, 0.4) is 0 Å². The van der Waals surface area contributed by atoms with Gasteiger partial charge >= 0.3 is 0 Å². The Morgan fingerprint density at radius 1 is 1.06 bits per heavy atom. The van der Waals surface area contributed by atoms with E-state index in [0.29, 0.717) is 17.7 Å². The van der Waals surface area contributed by atoms with Crippen LogP contribution in [0.15, 0.2) is 24.4 Å². The molecular formula is C25H34FN5O. The van der Waals surface area contributed by atoms with Crippen molar-refractivity contribution in [2.45, 2.75) is 44.9 Å². The molecule has 2 saturated heterocycles. The van der Waals surface area contributed by atoms with Crippen LogP contribution in [-0.4, -0.2) is 54.7 Å². The van der Waals surface area contributed by atoms with Crippen molar-refractivity contribution in [1.29, 1.82) is 0 Å². The molecule has 172 valence electrons. The van der Waals surface area contributed by atoms with Gasteiger partial charge in [0.2, 0.25) is 0 Å². The number of nitrogens with zero attached hydrogens (tertiary/aromatic N) is 4. The summed E-state index contributed by atoms with van der Waals surface area (Å²) < 4.78 is 19.2.